The summed E-state index contributed by atoms with van der Waals surface area (Å²) in [5.41, 5.74) is -0.199. The van der Waals surface area contributed by atoms with E-state index < -0.39 is 0 Å². The average Bonchev–Trinajstić information content (AvgIpc) is 2.47. The molecule has 0 bridgehead atoms. The summed E-state index contributed by atoms with van der Waals surface area (Å²) in [6, 6.07) is 0. The van der Waals surface area contributed by atoms with E-state index in [0.29, 0.717) is 18.4 Å². The molecule has 0 N–H and O–H groups in total. The number of halogens is 1. The summed E-state index contributed by atoms with van der Waals surface area (Å²) in [5.74, 6) is 1.13. The van der Waals surface area contributed by atoms with Gasteiger partial charge in [-0.2, -0.15) is 0 Å². The second-order valence-electron chi connectivity index (χ2n) is 3.62. The van der Waals surface area contributed by atoms with Gasteiger partial charge in [-0.15, -0.1) is 21.8 Å². The Kier molecular flexibility index (Phi) is 3.27. The minimum Gasteiger partial charge on any atom is -0.421 e. The van der Waals surface area contributed by atoms with Crippen LogP contribution in [0.3, 0.4) is 0 Å². The first-order valence-electron chi connectivity index (χ1n) is 4.02. The molecule has 0 saturated heterocycles. The number of ether oxygens (including phenoxy) is 1. The summed E-state index contributed by atoms with van der Waals surface area (Å²) in [7, 11) is 0. The molecule has 1 rings (SSSR count). The normalized spacial score (nSPS) is 12.0. The highest BCUT2D eigenvalue weighted by Gasteiger charge is 2.12. The molecule has 13 heavy (non-hydrogen) atoms. The number of nitrogens with zero attached hydrogens (tertiary/aromatic N) is 2. The molecule has 0 amide bonds. The first-order chi connectivity index (χ1) is 6.01. The summed E-state index contributed by atoms with van der Waals surface area (Å²) in [6.45, 7) is 6.22. The van der Waals surface area contributed by atoms with Crippen molar-refractivity contribution in [2.75, 3.05) is 0 Å². The Morgan fingerprint density at radius 1 is 1.31 bits per heavy atom. The van der Waals surface area contributed by atoms with E-state index in [4.69, 9.17) is 20.8 Å². The molecule has 0 fully saturated rings. The Bertz CT molecular complexity index is 267. The lowest BCUT2D eigenvalue weighted by atomic mass is 10.2. The lowest BCUT2D eigenvalue weighted by Gasteiger charge is -2.17. The van der Waals surface area contributed by atoms with Crippen molar-refractivity contribution >= 4 is 11.6 Å². The number of hydrogen-bond acceptors (Lipinski definition) is 4. The van der Waals surface area contributed by atoms with E-state index in [-0.39, 0.29) is 11.5 Å². The van der Waals surface area contributed by atoms with Crippen molar-refractivity contribution in [2.45, 2.75) is 38.9 Å². The molecule has 4 nitrogen and oxygen atoms in total. The second kappa shape index (κ2) is 4.07. The summed E-state index contributed by atoms with van der Waals surface area (Å²) < 4.78 is 10.6. The molecule has 1 heterocycles. The molecule has 5 heteroatoms. The summed E-state index contributed by atoms with van der Waals surface area (Å²) in [4.78, 5) is 0. The highest BCUT2D eigenvalue weighted by Crippen LogP contribution is 2.11. The van der Waals surface area contributed by atoms with Crippen LogP contribution in [0.15, 0.2) is 4.42 Å². The molecule has 0 unspecified atom stereocenters. The number of hydrogen-bond donors (Lipinski definition) is 0. The van der Waals surface area contributed by atoms with Crippen LogP contribution in [-0.4, -0.2) is 15.8 Å². The molecular weight excluding hydrogens is 192 g/mol. The van der Waals surface area contributed by atoms with Gasteiger partial charge < -0.3 is 9.15 Å². The van der Waals surface area contributed by atoms with Gasteiger partial charge in [0.25, 0.3) is 0 Å². The van der Waals surface area contributed by atoms with Crippen LogP contribution in [0.25, 0.3) is 0 Å². The van der Waals surface area contributed by atoms with Crippen LogP contribution < -0.4 is 0 Å². The third-order valence-corrected chi connectivity index (χ3v) is 1.48. The van der Waals surface area contributed by atoms with Crippen LogP contribution in [-0.2, 0) is 17.2 Å². The fourth-order valence-corrected chi connectivity index (χ4v) is 0.787. The van der Waals surface area contributed by atoms with E-state index in [0.717, 1.165) is 0 Å². The first-order valence-corrected chi connectivity index (χ1v) is 4.56. The molecule has 0 aromatic carbocycles. The molecule has 1 aromatic heterocycles. The van der Waals surface area contributed by atoms with Gasteiger partial charge in [-0.1, -0.05) is 0 Å². The fraction of sp³-hybridized carbons (Fsp3) is 0.750. The maximum atomic E-state index is 5.49. The number of alkyl halides is 1. The van der Waals surface area contributed by atoms with Crippen LogP contribution in [0, 0.1) is 0 Å². The Morgan fingerprint density at radius 2 is 1.92 bits per heavy atom. The molecule has 0 atom stereocenters. The maximum absolute atomic E-state index is 5.49. The number of aromatic nitrogens is 2. The van der Waals surface area contributed by atoms with Gasteiger partial charge in [0.05, 0.1) is 5.60 Å². The van der Waals surface area contributed by atoms with Gasteiger partial charge in [0, 0.05) is 0 Å². The van der Waals surface area contributed by atoms with Crippen molar-refractivity contribution in [1.29, 1.82) is 0 Å². The van der Waals surface area contributed by atoms with Gasteiger partial charge in [-0.05, 0) is 20.8 Å². The molecule has 0 aliphatic rings. The fourth-order valence-electron chi connectivity index (χ4n) is 0.679. The molecule has 0 aliphatic heterocycles. The van der Waals surface area contributed by atoms with Gasteiger partial charge >= 0.3 is 0 Å². The van der Waals surface area contributed by atoms with Crippen molar-refractivity contribution in [3.05, 3.63) is 11.8 Å². The van der Waals surface area contributed by atoms with E-state index in [1.807, 2.05) is 20.8 Å². The summed E-state index contributed by atoms with van der Waals surface area (Å²) >= 11 is 5.49. The second-order valence-corrected chi connectivity index (χ2v) is 3.89. The predicted molar refractivity (Wildman–Crippen MR) is 48.4 cm³/mol. The quantitative estimate of drug-likeness (QED) is 0.708. The van der Waals surface area contributed by atoms with Gasteiger partial charge in [-0.25, -0.2) is 0 Å². The van der Waals surface area contributed by atoms with Gasteiger partial charge in [0.1, 0.15) is 12.5 Å². The molecule has 74 valence electrons. The van der Waals surface area contributed by atoms with E-state index in [9.17, 15) is 0 Å². The standard InChI is InChI=1S/C8H13ClN2O2/c1-8(2,3)12-5-7-11-10-6(4-9)13-7/h4-5H2,1-3H3. The van der Waals surface area contributed by atoms with Crippen molar-refractivity contribution in [2.24, 2.45) is 0 Å². The lowest BCUT2D eigenvalue weighted by molar-refractivity contribution is -0.0246. The first kappa shape index (κ1) is 10.5. The summed E-state index contributed by atoms with van der Waals surface area (Å²) in [5, 5.41) is 7.47. The summed E-state index contributed by atoms with van der Waals surface area (Å²) in [6.07, 6.45) is 0. The Hall–Kier alpha value is -0.610. The van der Waals surface area contributed by atoms with E-state index in [2.05, 4.69) is 10.2 Å². The topological polar surface area (TPSA) is 48.2 Å². The molecule has 0 saturated carbocycles. The molecule has 0 aliphatic carbocycles. The Morgan fingerprint density at radius 3 is 2.38 bits per heavy atom. The molecule has 0 spiro atoms. The third-order valence-electron chi connectivity index (χ3n) is 1.25. The number of rotatable bonds is 3. The van der Waals surface area contributed by atoms with Gasteiger partial charge in [-0.3, -0.25) is 0 Å². The minimum absolute atomic E-state index is 0.199. The predicted octanol–water partition coefficient (Wildman–Crippen LogP) is 2.12. The van der Waals surface area contributed by atoms with Crippen LogP contribution in [0.1, 0.15) is 32.6 Å². The Balaban J connectivity index is 2.46. The van der Waals surface area contributed by atoms with Crippen molar-refractivity contribution < 1.29 is 9.15 Å². The Labute approximate surface area is 82.2 Å². The van der Waals surface area contributed by atoms with E-state index in [1.165, 1.54) is 0 Å². The largest absolute Gasteiger partial charge is 0.421 e. The van der Waals surface area contributed by atoms with Crippen LogP contribution in [0.2, 0.25) is 0 Å². The lowest BCUT2D eigenvalue weighted by Crippen LogP contribution is -2.18. The maximum Gasteiger partial charge on any atom is 0.242 e. The molecule has 0 radical (unpaired) electrons. The van der Waals surface area contributed by atoms with Crippen LogP contribution in [0.5, 0.6) is 0 Å². The van der Waals surface area contributed by atoms with Gasteiger partial charge in [0.2, 0.25) is 11.8 Å². The smallest absolute Gasteiger partial charge is 0.242 e. The van der Waals surface area contributed by atoms with E-state index in [1.54, 1.807) is 0 Å². The van der Waals surface area contributed by atoms with Crippen LogP contribution in [0.4, 0.5) is 0 Å². The SMILES string of the molecule is CC(C)(C)OCc1nnc(CCl)o1. The van der Waals surface area contributed by atoms with Crippen molar-refractivity contribution in [3.8, 4) is 0 Å². The van der Waals surface area contributed by atoms with Crippen molar-refractivity contribution in [1.82, 2.24) is 10.2 Å². The zero-order valence-corrected chi connectivity index (χ0v) is 8.76. The van der Waals surface area contributed by atoms with Crippen molar-refractivity contribution in [3.63, 3.8) is 0 Å². The zero-order chi connectivity index (χ0) is 9.90. The minimum atomic E-state index is -0.199. The molecule has 1 aromatic rings. The molecular formula is C8H13ClN2O2. The van der Waals surface area contributed by atoms with Gasteiger partial charge in [0.15, 0.2) is 0 Å². The average molecular weight is 205 g/mol. The highest BCUT2D eigenvalue weighted by atomic mass is 35.5. The highest BCUT2D eigenvalue weighted by molar-refractivity contribution is 6.16. The third kappa shape index (κ3) is 3.74. The van der Waals surface area contributed by atoms with E-state index >= 15 is 0 Å². The van der Waals surface area contributed by atoms with Crippen LogP contribution >= 0.6 is 11.6 Å². The monoisotopic (exact) mass is 204 g/mol. The zero-order valence-electron chi connectivity index (χ0n) is 8.00.